The van der Waals surface area contributed by atoms with E-state index in [2.05, 4.69) is 0 Å². The lowest BCUT2D eigenvalue weighted by atomic mass is 9.87. The van der Waals surface area contributed by atoms with Crippen LogP contribution in [0.1, 0.15) is 31.9 Å². The van der Waals surface area contributed by atoms with Crippen molar-refractivity contribution in [2.75, 3.05) is 6.61 Å². The molecule has 0 amide bonds. The molecule has 3 N–H and O–H groups in total. The highest BCUT2D eigenvalue weighted by molar-refractivity contribution is 7.89. The number of nitrogens with one attached hydrogen (secondary N) is 1. The van der Waals surface area contributed by atoms with Crippen molar-refractivity contribution in [3.8, 4) is 0 Å². The van der Waals surface area contributed by atoms with Crippen LogP contribution in [0.2, 0.25) is 0 Å². The molecule has 6 nitrogen and oxygen atoms in total. The second-order valence-electron chi connectivity index (χ2n) is 5.92. The highest BCUT2D eigenvalue weighted by Crippen LogP contribution is 2.26. The van der Waals surface area contributed by atoms with Gasteiger partial charge in [-0.25, -0.2) is 8.42 Å². The Kier molecular flexibility index (Phi) is 5.14. The Balaban J connectivity index is 3.28. The summed E-state index contributed by atoms with van der Waals surface area (Å²) in [6.07, 6.45) is 0. The summed E-state index contributed by atoms with van der Waals surface area (Å²) >= 11 is 0. The van der Waals surface area contributed by atoms with Crippen LogP contribution >= 0.6 is 0 Å². The van der Waals surface area contributed by atoms with Gasteiger partial charge in [0.05, 0.1) is 11.5 Å². The van der Waals surface area contributed by atoms with Gasteiger partial charge in [-0.15, -0.1) is 0 Å². The summed E-state index contributed by atoms with van der Waals surface area (Å²) in [5.74, 6) is -1.43. The second-order valence-corrected chi connectivity index (χ2v) is 7.61. The maximum atomic E-state index is 12.3. The molecule has 1 unspecified atom stereocenters. The van der Waals surface area contributed by atoms with Crippen molar-refractivity contribution in [1.82, 2.24) is 4.72 Å². The molecular weight excluding hydrogens is 294 g/mol. The van der Waals surface area contributed by atoms with Crippen molar-refractivity contribution in [3.05, 3.63) is 29.3 Å². The maximum Gasteiger partial charge on any atom is 0.324 e. The maximum absolute atomic E-state index is 12.3. The lowest BCUT2D eigenvalue weighted by Crippen LogP contribution is -2.43. The number of benzene rings is 1. The molecule has 21 heavy (non-hydrogen) atoms. The van der Waals surface area contributed by atoms with Crippen molar-refractivity contribution in [3.63, 3.8) is 0 Å². The van der Waals surface area contributed by atoms with E-state index in [0.717, 1.165) is 5.56 Å². The summed E-state index contributed by atoms with van der Waals surface area (Å²) in [5.41, 5.74) is 1.10. The molecule has 0 aliphatic rings. The number of hydrogen-bond donors (Lipinski definition) is 3. The van der Waals surface area contributed by atoms with Crippen LogP contribution in [-0.2, 0) is 20.2 Å². The fraction of sp³-hybridized carbons (Fsp3) is 0.500. The Bertz CT molecular complexity index is 631. The highest BCUT2D eigenvalue weighted by Gasteiger charge is 2.27. The van der Waals surface area contributed by atoms with Crippen LogP contribution in [0.3, 0.4) is 0 Å². The van der Waals surface area contributed by atoms with Gasteiger partial charge in [0.1, 0.15) is 6.04 Å². The lowest BCUT2D eigenvalue weighted by molar-refractivity contribution is -0.139. The van der Waals surface area contributed by atoms with E-state index in [0.29, 0.717) is 5.56 Å². The number of carbonyl (C=O) groups is 1. The lowest BCUT2D eigenvalue weighted by Gasteiger charge is -2.21. The second kappa shape index (κ2) is 6.13. The van der Waals surface area contributed by atoms with Gasteiger partial charge in [0, 0.05) is 0 Å². The van der Waals surface area contributed by atoms with Crippen molar-refractivity contribution in [1.29, 1.82) is 0 Å². The van der Waals surface area contributed by atoms with Crippen molar-refractivity contribution >= 4 is 16.0 Å². The van der Waals surface area contributed by atoms with E-state index >= 15 is 0 Å². The van der Waals surface area contributed by atoms with E-state index in [-0.39, 0.29) is 10.3 Å². The largest absolute Gasteiger partial charge is 0.480 e. The van der Waals surface area contributed by atoms with Crippen LogP contribution in [0.4, 0.5) is 0 Å². The predicted molar refractivity (Wildman–Crippen MR) is 78.7 cm³/mol. The number of aliphatic hydroxyl groups is 1. The van der Waals surface area contributed by atoms with Crippen LogP contribution < -0.4 is 4.72 Å². The molecule has 118 valence electrons. The third-order valence-corrected chi connectivity index (χ3v) is 4.74. The summed E-state index contributed by atoms with van der Waals surface area (Å²) in [6.45, 7) is 6.68. The van der Waals surface area contributed by atoms with Crippen LogP contribution in [0.25, 0.3) is 0 Å². The SMILES string of the molecule is Cc1ccc(C(C)(C)C)cc1S(=O)(=O)NC(CO)C(=O)O. The zero-order valence-corrected chi connectivity index (χ0v) is 13.4. The number of rotatable bonds is 5. The molecule has 0 aromatic heterocycles. The molecule has 1 aromatic carbocycles. The van der Waals surface area contributed by atoms with Gasteiger partial charge in [-0.1, -0.05) is 32.9 Å². The zero-order chi connectivity index (χ0) is 16.4. The van der Waals surface area contributed by atoms with Crippen LogP contribution in [0, 0.1) is 6.92 Å². The van der Waals surface area contributed by atoms with Gasteiger partial charge < -0.3 is 10.2 Å². The number of aliphatic hydroxyl groups excluding tert-OH is 1. The molecule has 0 aliphatic heterocycles. The first kappa shape index (κ1) is 17.6. The summed E-state index contributed by atoms with van der Waals surface area (Å²) in [7, 11) is -4.02. The molecule has 0 heterocycles. The summed E-state index contributed by atoms with van der Waals surface area (Å²) in [6, 6.07) is 3.50. The molecule has 0 radical (unpaired) electrons. The number of sulfonamides is 1. The molecular formula is C14H21NO5S. The fourth-order valence-corrected chi connectivity index (χ4v) is 3.22. The van der Waals surface area contributed by atoms with Crippen LogP contribution in [0.5, 0.6) is 0 Å². The Hall–Kier alpha value is -1.44. The van der Waals surface area contributed by atoms with E-state index in [1.807, 2.05) is 31.6 Å². The predicted octanol–water partition coefficient (Wildman–Crippen LogP) is 1.02. The topological polar surface area (TPSA) is 104 Å². The monoisotopic (exact) mass is 315 g/mol. The van der Waals surface area contributed by atoms with Gasteiger partial charge in [-0.2, -0.15) is 4.72 Å². The van der Waals surface area contributed by atoms with Crippen molar-refractivity contribution in [2.45, 2.75) is 44.0 Å². The highest BCUT2D eigenvalue weighted by atomic mass is 32.2. The van der Waals surface area contributed by atoms with Crippen molar-refractivity contribution in [2.24, 2.45) is 0 Å². The number of aliphatic carboxylic acids is 1. The van der Waals surface area contributed by atoms with E-state index in [1.54, 1.807) is 13.0 Å². The molecule has 0 saturated carbocycles. The third-order valence-electron chi connectivity index (χ3n) is 3.12. The Morgan fingerprint density at radius 3 is 2.33 bits per heavy atom. The summed E-state index contributed by atoms with van der Waals surface area (Å²) in [5, 5.41) is 17.8. The Morgan fingerprint density at radius 2 is 1.90 bits per heavy atom. The van der Waals surface area contributed by atoms with E-state index in [1.165, 1.54) is 6.07 Å². The van der Waals surface area contributed by atoms with E-state index < -0.39 is 28.6 Å². The minimum absolute atomic E-state index is 0.0228. The smallest absolute Gasteiger partial charge is 0.324 e. The molecule has 1 rings (SSSR count). The Morgan fingerprint density at radius 1 is 1.33 bits per heavy atom. The molecule has 0 bridgehead atoms. The first-order chi connectivity index (χ1) is 9.49. The van der Waals surface area contributed by atoms with Crippen LogP contribution in [0.15, 0.2) is 23.1 Å². The standard InChI is InChI=1S/C14H21NO5S/c1-9-5-6-10(14(2,3)4)7-12(9)21(19,20)15-11(8-16)13(17)18/h5-7,11,15-16H,8H2,1-4H3,(H,17,18). The minimum Gasteiger partial charge on any atom is -0.480 e. The zero-order valence-electron chi connectivity index (χ0n) is 12.5. The third kappa shape index (κ3) is 4.26. The summed E-state index contributed by atoms with van der Waals surface area (Å²) in [4.78, 5) is 10.9. The average molecular weight is 315 g/mol. The number of carboxylic acids is 1. The molecule has 0 fully saturated rings. The molecule has 7 heteroatoms. The average Bonchev–Trinajstić information content (AvgIpc) is 2.34. The minimum atomic E-state index is -4.02. The van der Waals surface area contributed by atoms with E-state index in [4.69, 9.17) is 10.2 Å². The molecule has 1 aromatic rings. The van der Waals surface area contributed by atoms with Gasteiger partial charge in [0.2, 0.25) is 10.0 Å². The molecule has 1 atom stereocenters. The van der Waals surface area contributed by atoms with Gasteiger partial charge in [-0.05, 0) is 29.5 Å². The number of aryl methyl sites for hydroxylation is 1. The molecule has 0 aliphatic carbocycles. The van der Waals surface area contributed by atoms with E-state index in [9.17, 15) is 13.2 Å². The normalized spacial score (nSPS) is 14.0. The number of carboxylic acid groups (broad SMARTS) is 1. The summed E-state index contributed by atoms with van der Waals surface area (Å²) < 4.78 is 26.6. The number of hydrogen-bond acceptors (Lipinski definition) is 4. The fourth-order valence-electron chi connectivity index (χ4n) is 1.77. The first-order valence-electron chi connectivity index (χ1n) is 6.46. The van der Waals surface area contributed by atoms with Gasteiger partial charge in [0.25, 0.3) is 0 Å². The van der Waals surface area contributed by atoms with Gasteiger partial charge in [0.15, 0.2) is 0 Å². The van der Waals surface area contributed by atoms with Gasteiger partial charge >= 0.3 is 5.97 Å². The van der Waals surface area contributed by atoms with Gasteiger partial charge in [-0.3, -0.25) is 4.79 Å². The first-order valence-corrected chi connectivity index (χ1v) is 7.94. The Labute approximate surface area is 124 Å². The quantitative estimate of drug-likeness (QED) is 0.752. The van der Waals surface area contributed by atoms with Crippen molar-refractivity contribution < 1.29 is 23.4 Å². The molecule has 0 saturated heterocycles. The molecule has 0 spiro atoms. The van der Waals surface area contributed by atoms with Crippen LogP contribution in [-0.4, -0.2) is 37.2 Å².